The lowest BCUT2D eigenvalue weighted by molar-refractivity contribution is 0.504. The predicted octanol–water partition coefficient (Wildman–Crippen LogP) is 3.04. The summed E-state index contributed by atoms with van der Waals surface area (Å²) in [4.78, 5) is 10.6. The molecule has 1 aliphatic rings. The molecule has 0 aromatic carbocycles. The molecule has 19 heavy (non-hydrogen) atoms. The number of hydrogen-bond acceptors (Lipinski definition) is 4. The average molecular weight is 264 g/mol. The lowest BCUT2D eigenvalue weighted by Crippen LogP contribution is -2.18. The van der Waals surface area contributed by atoms with Crippen LogP contribution in [0.2, 0.25) is 0 Å². The standard InChI is InChI=1S/C9H16N4.C6H12/c1-4-13(3)9-5-8(6-10)11-7(2)12-9;1-2-4-6-5-3-1/h5H,4,6,10H2,1-3H3;1-6H2. The van der Waals surface area contributed by atoms with Crippen molar-refractivity contribution < 1.29 is 0 Å². The first kappa shape index (κ1) is 15.9. The van der Waals surface area contributed by atoms with E-state index in [1.807, 2.05) is 20.0 Å². The minimum atomic E-state index is 0.466. The second-order valence-electron chi connectivity index (χ2n) is 5.10. The SMILES string of the molecule is C1CCCCC1.CCN(C)c1cc(CN)nc(C)n1. The summed E-state index contributed by atoms with van der Waals surface area (Å²) < 4.78 is 0. The van der Waals surface area contributed by atoms with Crippen LogP contribution >= 0.6 is 0 Å². The fourth-order valence-corrected chi connectivity index (χ4v) is 2.13. The van der Waals surface area contributed by atoms with Gasteiger partial charge in [0, 0.05) is 26.2 Å². The molecule has 0 saturated heterocycles. The van der Waals surface area contributed by atoms with Gasteiger partial charge in [-0.2, -0.15) is 0 Å². The van der Waals surface area contributed by atoms with Crippen molar-refractivity contribution in [3.63, 3.8) is 0 Å². The Morgan fingerprint density at radius 1 is 1.11 bits per heavy atom. The molecule has 1 aromatic rings. The van der Waals surface area contributed by atoms with Gasteiger partial charge in [0.05, 0.1) is 5.69 Å². The van der Waals surface area contributed by atoms with E-state index < -0.39 is 0 Å². The molecule has 0 unspecified atom stereocenters. The molecule has 4 nitrogen and oxygen atoms in total. The number of rotatable bonds is 3. The normalized spacial score (nSPS) is 14.5. The zero-order valence-corrected chi connectivity index (χ0v) is 12.7. The summed E-state index contributed by atoms with van der Waals surface area (Å²) >= 11 is 0. The molecular weight excluding hydrogens is 236 g/mol. The first-order valence-corrected chi connectivity index (χ1v) is 7.43. The van der Waals surface area contributed by atoms with E-state index in [0.29, 0.717) is 6.54 Å². The summed E-state index contributed by atoms with van der Waals surface area (Å²) in [5.74, 6) is 1.72. The van der Waals surface area contributed by atoms with Crippen molar-refractivity contribution >= 4 is 5.82 Å². The van der Waals surface area contributed by atoms with Gasteiger partial charge in [0.15, 0.2) is 0 Å². The van der Waals surface area contributed by atoms with Gasteiger partial charge in [-0.1, -0.05) is 38.5 Å². The maximum Gasteiger partial charge on any atom is 0.132 e. The van der Waals surface area contributed by atoms with E-state index in [-0.39, 0.29) is 0 Å². The van der Waals surface area contributed by atoms with Gasteiger partial charge in [0.2, 0.25) is 0 Å². The zero-order valence-electron chi connectivity index (χ0n) is 12.7. The quantitative estimate of drug-likeness (QED) is 0.911. The summed E-state index contributed by atoms with van der Waals surface area (Å²) in [6, 6.07) is 1.93. The fraction of sp³-hybridized carbons (Fsp3) is 0.733. The van der Waals surface area contributed by atoms with Gasteiger partial charge in [-0.3, -0.25) is 0 Å². The van der Waals surface area contributed by atoms with Crippen LogP contribution < -0.4 is 10.6 Å². The Morgan fingerprint density at radius 3 is 2.05 bits per heavy atom. The second-order valence-corrected chi connectivity index (χ2v) is 5.10. The van der Waals surface area contributed by atoms with Gasteiger partial charge >= 0.3 is 0 Å². The fourth-order valence-electron chi connectivity index (χ4n) is 2.13. The largest absolute Gasteiger partial charge is 0.360 e. The third-order valence-corrected chi connectivity index (χ3v) is 3.45. The summed E-state index contributed by atoms with van der Waals surface area (Å²) in [5, 5.41) is 0. The third-order valence-electron chi connectivity index (χ3n) is 3.45. The molecule has 1 heterocycles. The number of anilines is 1. The molecule has 1 aromatic heterocycles. The lowest BCUT2D eigenvalue weighted by atomic mass is 10.0. The topological polar surface area (TPSA) is 55.0 Å². The van der Waals surface area contributed by atoms with Crippen molar-refractivity contribution in [3.8, 4) is 0 Å². The lowest BCUT2D eigenvalue weighted by Gasteiger charge is -2.16. The van der Waals surface area contributed by atoms with Crippen LogP contribution in [0.4, 0.5) is 5.82 Å². The first-order chi connectivity index (χ1) is 9.17. The molecule has 2 rings (SSSR count). The molecule has 2 N–H and O–H groups in total. The Labute approximate surface area is 117 Å². The molecule has 0 amide bonds. The number of nitrogens with zero attached hydrogens (tertiary/aromatic N) is 3. The Balaban J connectivity index is 0.000000250. The minimum Gasteiger partial charge on any atom is -0.360 e. The van der Waals surface area contributed by atoms with E-state index in [0.717, 1.165) is 23.9 Å². The van der Waals surface area contributed by atoms with E-state index in [9.17, 15) is 0 Å². The number of nitrogens with two attached hydrogens (primary N) is 1. The van der Waals surface area contributed by atoms with Crippen molar-refractivity contribution in [2.45, 2.75) is 58.9 Å². The smallest absolute Gasteiger partial charge is 0.132 e. The molecule has 0 atom stereocenters. The van der Waals surface area contributed by atoms with Crippen LogP contribution in [0, 0.1) is 6.92 Å². The van der Waals surface area contributed by atoms with Crippen molar-refractivity contribution in [1.29, 1.82) is 0 Å². The Bertz CT molecular complexity index is 350. The van der Waals surface area contributed by atoms with Crippen LogP contribution in [0.15, 0.2) is 6.07 Å². The Hall–Kier alpha value is -1.16. The van der Waals surface area contributed by atoms with Crippen LogP contribution in [0.5, 0.6) is 0 Å². The van der Waals surface area contributed by atoms with E-state index in [1.165, 1.54) is 38.5 Å². The number of hydrogen-bond donors (Lipinski definition) is 1. The zero-order chi connectivity index (χ0) is 14.1. The molecule has 4 heteroatoms. The predicted molar refractivity (Wildman–Crippen MR) is 81.3 cm³/mol. The highest BCUT2D eigenvalue weighted by Gasteiger charge is 2.03. The van der Waals surface area contributed by atoms with E-state index in [2.05, 4.69) is 21.8 Å². The van der Waals surface area contributed by atoms with Crippen LogP contribution in [-0.2, 0) is 6.54 Å². The number of aromatic nitrogens is 2. The van der Waals surface area contributed by atoms with Crippen molar-refractivity contribution in [3.05, 3.63) is 17.6 Å². The molecule has 0 aliphatic heterocycles. The van der Waals surface area contributed by atoms with Gasteiger partial charge in [-0.15, -0.1) is 0 Å². The third kappa shape index (κ3) is 6.01. The van der Waals surface area contributed by atoms with Crippen LogP contribution in [-0.4, -0.2) is 23.6 Å². The molecule has 108 valence electrons. The molecule has 0 bridgehead atoms. The Morgan fingerprint density at radius 2 is 1.63 bits per heavy atom. The molecule has 1 saturated carbocycles. The van der Waals surface area contributed by atoms with Crippen molar-refractivity contribution in [1.82, 2.24) is 9.97 Å². The van der Waals surface area contributed by atoms with Gasteiger partial charge in [0.25, 0.3) is 0 Å². The van der Waals surface area contributed by atoms with E-state index >= 15 is 0 Å². The molecule has 0 radical (unpaired) electrons. The first-order valence-electron chi connectivity index (χ1n) is 7.43. The van der Waals surface area contributed by atoms with Crippen LogP contribution in [0.25, 0.3) is 0 Å². The van der Waals surface area contributed by atoms with Crippen LogP contribution in [0.3, 0.4) is 0 Å². The second kappa shape index (κ2) is 8.86. The highest BCUT2D eigenvalue weighted by atomic mass is 15.2. The Kier molecular flexibility index (Phi) is 7.41. The summed E-state index contributed by atoms with van der Waals surface area (Å²) in [7, 11) is 2.00. The highest BCUT2D eigenvalue weighted by Crippen LogP contribution is 2.15. The summed E-state index contributed by atoms with van der Waals surface area (Å²) in [6.45, 7) is 5.36. The minimum absolute atomic E-state index is 0.466. The summed E-state index contributed by atoms with van der Waals surface area (Å²) in [5.41, 5.74) is 6.41. The van der Waals surface area contributed by atoms with Crippen molar-refractivity contribution in [2.75, 3.05) is 18.5 Å². The van der Waals surface area contributed by atoms with Gasteiger partial charge in [-0.05, 0) is 13.8 Å². The highest BCUT2D eigenvalue weighted by molar-refractivity contribution is 5.38. The van der Waals surface area contributed by atoms with E-state index in [1.54, 1.807) is 0 Å². The van der Waals surface area contributed by atoms with Gasteiger partial charge in [-0.25, -0.2) is 9.97 Å². The molecule has 1 fully saturated rings. The van der Waals surface area contributed by atoms with Crippen LogP contribution in [0.1, 0.15) is 57.0 Å². The average Bonchev–Trinajstić information content (AvgIpc) is 2.48. The van der Waals surface area contributed by atoms with Gasteiger partial charge in [0.1, 0.15) is 11.6 Å². The van der Waals surface area contributed by atoms with Gasteiger partial charge < -0.3 is 10.6 Å². The maximum absolute atomic E-state index is 5.52. The van der Waals surface area contributed by atoms with Crippen molar-refractivity contribution in [2.24, 2.45) is 5.73 Å². The maximum atomic E-state index is 5.52. The molecule has 1 aliphatic carbocycles. The number of aryl methyl sites for hydroxylation is 1. The summed E-state index contributed by atoms with van der Waals surface area (Å²) in [6.07, 6.45) is 9.00. The molecule has 0 spiro atoms. The molecular formula is C15H28N4. The monoisotopic (exact) mass is 264 g/mol. The van der Waals surface area contributed by atoms with E-state index in [4.69, 9.17) is 5.73 Å².